The molecule has 0 spiro atoms. The molecular weight excluding hydrogens is 240 g/mol. The number of hydrogen-bond donors (Lipinski definition) is 1. The monoisotopic (exact) mass is 266 g/mol. The van der Waals surface area contributed by atoms with Gasteiger partial charge in [0, 0.05) is 12.6 Å². The summed E-state index contributed by atoms with van der Waals surface area (Å²) in [6.07, 6.45) is 4.72. The Morgan fingerprint density at radius 2 is 2.11 bits per heavy atom. The molecule has 6 unspecified atom stereocenters. The molecule has 19 heavy (non-hydrogen) atoms. The second kappa shape index (κ2) is 5.06. The van der Waals surface area contributed by atoms with Crippen molar-refractivity contribution in [1.29, 1.82) is 0 Å². The van der Waals surface area contributed by atoms with Crippen LogP contribution < -0.4 is 5.73 Å². The van der Waals surface area contributed by atoms with E-state index in [1.54, 1.807) is 0 Å². The van der Waals surface area contributed by atoms with E-state index in [1.807, 2.05) is 6.92 Å². The first-order valence-corrected chi connectivity index (χ1v) is 7.79. The first-order chi connectivity index (χ1) is 9.11. The van der Waals surface area contributed by atoms with E-state index in [1.165, 1.54) is 19.3 Å². The topological polar surface area (TPSA) is 55.6 Å². The molecule has 1 aliphatic heterocycles. The molecule has 3 rings (SSSR count). The second-order valence-corrected chi connectivity index (χ2v) is 6.63. The normalized spacial score (nSPS) is 45.7. The molecule has 6 atom stereocenters. The van der Waals surface area contributed by atoms with Crippen LogP contribution in [0, 0.1) is 17.8 Å². The standard InChI is InChI=1S/C15H26N2O2/c1-3-12-8-19-9(2)7-17(12)15(18)13-10-4-5-11(6-10)14(13)16/h9-14H,3-8,16H2,1-2H3. The quantitative estimate of drug-likeness (QED) is 0.821. The summed E-state index contributed by atoms with van der Waals surface area (Å²) in [5.41, 5.74) is 6.31. The Morgan fingerprint density at radius 1 is 1.37 bits per heavy atom. The van der Waals surface area contributed by atoms with Gasteiger partial charge in [0.25, 0.3) is 0 Å². The van der Waals surface area contributed by atoms with Crippen molar-refractivity contribution >= 4 is 5.91 Å². The van der Waals surface area contributed by atoms with E-state index in [0.717, 1.165) is 13.0 Å². The van der Waals surface area contributed by atoms with Crippen LogP contribution in [0.4, 0.5) is 0 Å². The van der Waals surface area contributed by atoms with E-state index in [0.29, 0.717) is 24.3 Å². The summed E-state index contributed by atoms with van der Waals surface area (Å²) < 4.78 is 5.69. The second-order valence-electron chi connectivity index (χ2n) is 6.63. The molecule has 1 amide bonds. The van der Waals surface area contributed by atoms with Crippen molar-refractivity contribution in [2.75, 3.05) is 13.2 Å². The van der Waals surface area contributed by atoms with Crippen LogP contribution in [-0.4, -0.2) is 42.1 Å². The molecule has 0 radical (unpaired) electrons. The van der Waals surface area contributed by atoms with Crippen molar-refractivity contribution in [3.8, 4) is 0 Å². The minimum atomic E-state index is 0.0816. The van der Waals surface area contributed by atoms with Crippen molar-refractivity contribution in [2.24, 2.45) is 23.5 Å². The number of morpholine rings is 1. The first-order valence-electron chi connectivity index (χ1n) is 7.79. The van der Waals surface area contributed by atoms with Crippen LogP contribution in [0.25, 0.3) is 0 Å². The predicted molar refractivity (Wildman–Crippen MR) is 73.5 cm³/mol. The highest BCUT2D eigenvalue weighted by molar-refractivity contribution is 5.81. The van der Waals surface area contributed by atoms with Gasteiger partial charge in [0.1, 0.15) is 0 Å². The zero-order valence-corrected chi connectivity index (χ0v) is 12.0. The fraction of sp³-hybridized carbons (Fsp3) is 0.933. The Bertz CT molecular complexity index is 358. The Balaban J connectivity index is 1.75. The first kappa shape index (κ1) is 13.4. The highest BCUT2D eigenvalue weighted by Gasteiger charge is 2.51. The summed E-state index contributed by atoms with van der Waals surface area (Å²) >= 11 is 0. The van der Waals surface area contributed by atoms with Gasteiger partial charge in [0.2, 0.25) is 5.91 Å². The molecule has 108 valence electrons. The number of fused-ring (bicyclic) bond motifs is 2. The van der Waals surface area contributed by atoms with E-state index < -0.39 is 0 Å². The Kier molecular flexibility index (Phi) is 3.56. The fourth-order valence-corrected chi connectivity index (χ4v) is 4.35. The lowest BCUT2D eigenvalue weighted by molar-refractivity contribution is -0.151. The highest BCUT2D eigenvalue weighted by atomic mass is 16.5. The molecule has 1 saturated heterocycles. The molecule has 2 aliphatic carbocycles. The van der Waals surface area contributed by atoms with E-state index >= 15 is 0 Å². The van der Waals surface area contributed by atoms with Gasteiger partial charge in [-0.15, -0.1) is 0 Å². The van der Waals surface area contributed by atoms with E-state index in [4.69, 9.17) is 10.5 Å². The number of amides is 1. The summed E-state index contributed by atoms with van der Waals surface area (Å²) in [5.74, 6) is 1.53. The molecule has 2 saturated carbocycles. The van der Waals surface area contributed by atoms with Crippen LogP contribution in [0.15, 0.2) is 0 Å². The summed E-state index contributed by atoms with van der Waals surface area (Å²) in [4.78, 5) is 15.0. The zero-order valence-electron chi connectivity index (χ0n) is 12.0. The number of nitrogens with zero attached hydrogens (tertiary/aromatic N) is 1. The van der Waals surface area contributed by atoms with Gasteiger partial charge in [-0.05, 0) is 44.4 Å². The van der Waals surface area contributed by atoms with Gasteiger partial charge in [0.05, 0.1) is 24.7 Å². The molecule has 1 heterocycles. The Hall–Kier alpha value is -0.610. The molecular formula is C15H26N2O2. The van der Waals surface area contributed by atoms with Crippen LogP contribution in [0.3, 0.4) is 0 Å². The summed E-state index contributed by atoms with van der Waals surface area (Å²) in [5, 5.41) is 0. The third-order valence-electron chi connectivity index (χ3n) is 5.49. The smallest absolute Gasteiger partial charge is 0.227 e. The predicted octanol–water partition coefficient (Wildman–Crippen LogP) is 1.39. The molecule has 2 N–H and O–H groups in total. The number of ether oxygens (including phenoxy) is 1. The Labute approximate surface area is 115 Å². The number of rotatable bonds is 2. The maximum atomic E-state index is 12.9. The molecule has 3 fully saturated rings. The van der Waals surface area contributed by atoms with Gasteiger partial charge in [-0.1, -0.05) is 6.92 Å². The van der Waals surface area contributed by atoms with Gasteiger partial charge in [-0.2, -0.15) is 0 Å². The van der Waals surface area contributed by atoms with Crippen molar-refractivity contribution in [2.45, 2.75) is 57.7 Å². The molecule has 2 bridgehead atoms. The van der Waals surface area contributed by atoms with Crippen LogP contribution in [0.5, 0.6) is 0 Å². The van der Waals surface area contributed by atoms with Crippen LogP contribution in [0.1, 0.15) is 39.5 Å². The SMILES string of the molecule is CCC1COC(C)CN1C(=O)C1C2CCC(C2)C1N. The van der Waals surface area contributed by atoms with Gasteiger partial charge in [-0.25, -0.2) is 0 Å². The van der Waals surface area contributed by atoms with E-state index in [-0.39, 0.29) is 24.1 Å². The molecule has 0 aromatic heterocycles. The van der Waals surface area contributed by atoms with Crippen LogP contribution >= 0.6 is 0 Å². The third-order valence-corrected chi connectivity index (χ3v) is 5.49. The summed E-state index contributed by atoms with van der Waals surface area (Å²) in [6.45, 7) is 5.59. The average molecular weight is 266 g/mol. The largest absolute Gasteiger partial charge is 0.375 e. The number of nitrogens with two attached hydrogens (primary N) is 1. The number of carbonyl (C=O) groups excluding carboxylic acids is 1. The molecule has 4 nitrogen and oxygen atoms in total. The highest BCUT2D eigenvalue weighted by Crippen LogP contribution is 2.48. The maximum Gasteiger partial charge on any atom is 0.227 e. The summed E-state index contributed by atoms with van der Waals surface area (Å²) in [6, 6.07) is 0.344. The van der Waals surface area contributed by atoms with Crippen molar-refractivity contribution in [3.05, 3.63) is 0 Å². The number of hydrogen-bond acceptors (Lipinski definition) is 3. The van der Waals surface area contributed by atoms with Crippen molar-refractivity contribution in [1.82, 2.24) is 4.90 Å². The molecule has 0 aromatic rings. The number of carbonyl (C=O) groups is 1. The fourth-order valence-electron chi connectivity index (χ4n) is 4.35. The van der Waals surface area contributed by atoms with Crippen molar-refractivity contribution in [3.63, 3.8) is 0 Å². The van der Waals surface area contributed by atoms with E-state index in [2.05, 4.69) is 11.8 Å². The maximum absolute atomic E-state index is 12.9. The molecule has 4 heteroatoms. The van der Waals surface area contributed by atoms with Gasteiger partial charge in [-0.3, -0.25) is 4.79 Å². The van der Waals surface area contributed by atoms with E-state index in [9.17, 15) is 4.79 Å². The minimum absolute atomic E-state index is 0.0816. The lowest BCUT2D eigenvalue weighted by Gasteiger charge is -2.41. The lowest BCUT2D eigenvalue weighted by Crippen LogP contribution is -2.56. The molecule has 0 aromatic carbocycles. The van der Waals surface area contributed by atoms with Gasteiger partial charge >= 0.3 is 0 Å². The van der Waals surface area contributed by atoms with Crippen molar-refractivity contribution < 1.29 is 9.53 Å². The van der Waals surface area contributed by atoms with Crippen LogP contribution in [0.2, 0.25) is 0 Å². The zero-order chi connectivity index (χ0) is 13.6. The summed E-state index contributed by atoms with van der Waals surface area (Å²) in [7, 11) is 0. The third kappa shape index (κ3) is 2.19. The minimum Gasteiger partial charge on any atom is -0.375 e. The Morgan fingerprint density at radius 3 is 2.74 bits per heavy atom. The van der Waals surface area contributed by atoms with Gasteiger partial charge < -0.3 is 15.4 Å². The molecule has 3 aliphatic rings. The lowest BCUT2D eigenvalue weighted by atomic mass is 9.83. The average Bonchev–Trinajstić information content (AvgIpc) is 2.98. The van der Waals surface area contributed by atoms with Gasteiger partial charge in [0.15, 0.2) is 0 Å². The van der Waals surface area contributed by atoms with Crippen LogP contribution in [-0.2, 0) is 9.53 Å².